The average molecular weight is 348 g/mol. The number of aryl methyl sites for hydroxylation is 2. The number of hydrogen-bond acceptors (Lipinski definition) is 4. The van der Waals surface area contributed by atoms with Gasteiger partial charge in [-0.3, -0.25) is 9.59 Å². The van der Waals surface area contributed by atoms with Crippen molar-refractivity contribution in [2.24, 2.45) is 0 Å². The molecule has 0 aliphatic carbocycles. The predicted molar refractivity (Wildman–Crippen MR) is 95.8 cm³/mol. The molecule has 0 radical (unpaired) electrons. The lowest BCUT2D eigenvalue weighted by atomic mass is 10.1. The van der Waals surface area contributed by atoms with Gasteiger partial charge in [0.25, 0.3) is 0 Å². The van der Waals surface area contributed by atoms with Crippen molar-refractivity contribution in [3.05, 3.63) is 28.8 Å². The van der Waals surface area contributed by atoms with E-state index in [-0.39, 0.29) is 24.8 Å². The molecule has 0 spiro atoms. The van der Waals surface area contributed by atoms with Crippen LogP contribution in [-0.4, -0.2) is 55.7 Å². The Hall–Kier alpha value is -2.08. The third-order valence-corrected chi connectivity index (χ3v) is 4.42. The maximum absolute atomic E-state index is 12.3. The van der Waals surface area contributed by atoms with E-state index in [1.807, 2.05) is 26.8 Å². The summed E-state index contributed by atoms with van der Waals surface area (Å²) in [4.78, 5) is 26.1. The van der Waals surface area contributed by atoms with E-state index in [4.69, 9.17) is 9.47 Å². The second-order valence-corrected chi connectivity index (χ2v) is 6.53. The average Bonchev–Trinajstić information content (AvgIpc) is 2.59. The van der Waals surface area contributed by atoms with Gasteiger partial charge >= 0.3 is 0 Å². The van der Waals surface area contributed by atoms with Gasteiger partial charge < -0.3 is 19.7 Å². The summed E-state index contributed by atoms with van der Waals surface area (Å²) in [6, 6.07) is 3.55. The van der Waals surface area contributed by atoms with Crippen LogP contribution in [0.15, 0.2) is 12.1 Å². The zero-order chi connectivity index (χ0) is 18.4. The third kappa shape index (κ3) is 5.46. The standard InChI is InChI=1S/C19H28N2O4/c1-13-11-14(2)15(3)17(12-13)25-8-5-18(22)20-16(4)19(23)21-6-9-24-10-7-21/h11-12,16H,5-10H2,1-4H3,(H,20,22). The van der Waals surface area contributed by atoms with Gasteiger partial charge in [-0.25, -0.2) is 0 Å². The number of ether oxygens (including phenoxy) is 2. The molecule has 138 valence electrons. The van der Waals surface area contributed by atoms with Gasteiger partial charge in [-0.1, -0.05) is 6.07 Å². The van der Waals surface area contributed by atoms with Gasteiger partial charge in [0, 0.05) is 13.1 Å². The quantitative estimate of drug-likeness (QED) is 0.850. The van der Waals surface area contributed by atoms with Gasteiger partial charge in [0.2, 0.25) is 11.8 Å². The van der Waals surface area contributed by atoms with Crippen LogP contribution in [0.4, 0.5) is 0 Å². The normalized spacial score (nSPS) is 15.6. The fourth-order valence-electron chi connectivity index (χ4n) is 2.84. The molecule has 1 aliphatic heterocycles. The first kappa shape index (κ1) is 19.2. The topological polar surface area (TPSA) is 67.9 Å². The molecule has 1 aromatic rings. The molecule has 1 aromatic carbocycles. The SMILES string of the molecule is Cc1cc(C)c(C)c(OCCC(=O)NC(C)C(=O)N2CCOCC2)c1. The molecule has 1 atom stereocenters. The molecule has 1 N–H and O–H groups in total. The van der Waals surface area contributed by atoms with Gasteiger partial charge in [-0.15, -0.1) is 0 Å². The highest BCUT2D eigenvalue weighted by molar-refractivity contribution is 5.87. The Morgan fingerprint density at radius 1 is 1.24 bits per heavy atom. The Labute approximate surface area is 149 Å². The molecule has 1 unspecified atom stereocenters. The van der Waals surface area contributed by atoms with Gasteiger partial charge in [-0.05, 0) is 50.5 Å². The lowest BCUT2D eigenvalue weighted by Gasteiger charge is -2.29. The van der Waals surface area contributed by atoms with E-state index in [1.54, 1.807) is 11.8 Å². The zero-order valence-corrected chi connectivity index (χ0v) is 15.6. The van der Waals surface area contributed by atoms with Crippen molar-refractivity contribution in [3.8, 4) is 5.75 Å². The Kier molecular flexibility index (Phi) is 6.82. The number of carbonyl (C=O) groups excluding carboxylic acids is 2. The van der Waals surface area contributed by atoms with E-state index >= 15 is 0 Å². The van der Waals surface area contributed by atoms with Crippen LogP contribution in [0.25, 0.3) is 0 Å². The number of nitrogens with zero attached hydrogens (tertiary/aromatic N) is 1. The van der Waals surface area contributed by atoms with Crippen LogP contribution in [0.2, 0.25) is 0 Å². The van der Waals surface area contributed by atoms with E-state index in [9.17, 15) is 9.59 Å². The largest absolute Gasteiger partial charge is 0.493 e. The van der Waals surface area contributed by atoms with Crippen LogP contribution < -0.4 is 10.1 Å². The third-order valence-electron chi connectivity index (χ3n) is 4.42. The molecule has 0 saturated carbocycles. The van der Waals surface area contributed by atoms with E-state index in [0.717, 1.165) is 16.9 Å². The van der Waals surface area contributed by atoms with Crippen LogP contribution in [0.5, 0.6) is 5.75 Å². The first-order valence-electron chi connectivity index (χ1n) is 8.75. The van der Waals surface area contributed by atoms with Crippen LogP contribution in [-0.2, 0) is 14.3 Å². The summed E-state index contributed by atoms with van der Waals surface area (Å²) in [6.45, 7) is 10.3. The van der Waals surface area contributed by atoms with E-state index in [0.29, 0.717) is 26.3 Å². The molecular weight excluding hydrogens is 320 g/mol. The minimum absolute atomic E-state index is 0.0669. The van der Waals surface area contributed by atoms with Crippen molar-refractivity contribution in [1.82, 2.24) is 10.2 Å². The van der Waals surface area contributed by atoms with Crippen molar-refractivity contribution >= 4 is 11.8 Å². The van der Waals surface area contributed by atoms with Crippen molar-refractivity contribution < 1.29 is 19.1 Å². The number of hydrogen-bond donors (Lipinski definition) is 1. The monoisotopic (exact) mass is 348 g/mol. The van der Waals surface area contributed by atoms with E-state index < -0.39 is 6.04 Å². The molecule has 1 fully saturated rings. The summed E-state index contributed by atoms with van der Waals surface area (Å²) in [5.74, 6) is 0.557. The fourth-order valence-corrected chi connectivity index (χ4v) is 2.84. The maximum Gasteiger partial charge on any atom is 0.245 e. The maximum atomic E-state index is 12.3. The predicted octanol–water partition coefficient (Wildman–Crippen LogP) is 1.74. The molecule has 1 saturated heterocycles. The van der Waals surface area contributed by atoms with Crippen LogP contribution in [0.1, 0.15) is 30.0 Å². The Morgan fingerprint density at radius 2 is 1.92 bits per heavy atom. The lowest BCUT2D eigenvalue weighted by molar-refractivity contribution is -0.139. The van der Waals surface area contributed by atoms with Crippen LogP contribution >= 0.6 is 0 Å². The number of rotatable bonds is 6. The molecule has 0 bridgehead atoms. The Bertz CT molecular complexity index is 624. The molecule has 1 heterocycles. The first-order chi connectivity index (χ1) is 11.9. The summed E-state index contributed by atoms with van der Waals surface area (Å²) < 4.78 is 11.0. The lowest BCUT2D eigenvalue weighted by Crippen LogP contribution is -2.50. The van der Waals surface area contributed by atoms with E-state index in [2.05, 4.69) is 11.4 Å². The summed E-state index contributed by atoms with van der Waals surface area (Å²) in [5, 5.41) is 2.75. The summed E-state index contributed by atoms with van der Waals surface area (Å²) >= 11 is 0. The summed E-state index contributed by atoms with van der Waals surface area (Å²) in [5.41, 5.74) is 3.39. The molecule has 0 aromatic heterocycles. The van der Waals surface area contributed by atoms with Gasteiger partial charge in [0.05, 0.1) is 26.2 Å². The summed E-state index contributed by atoms with van der Waals surface area (Å²) in [6.07, 6.45) is 0.215. The number of nitrogens with one attached hydrogen (secondary N) is 1. The van der Waals surface area contributed by atoms with Crippen molar-refractivity contribution in [1.29, 1.82) is 0 Å². The van der Waals surface area contributed by atoms with Crippen molar-refractivity contribution in [2.75, 3.05) is 32.9 Å². The van der Waals surface area contributed by atoms with Gasteiger partial charge in [-0.2, -0.15) is 0 Å². The first-order valence-corrected chi connectivity index (χ1v) is 8.75. The van der Waals surface area contributed by atoms with Crippen molar-refractivity contribution in [3.63, 3.8) is 0 Å². The smallest absolute Gasteiger partial charge is 0.245 e. The Balaban J connectivity index is 1.77. The Morgan fingerprint density at radius 3 is 2.60 bits per heavy atom. The molecule has 25 heavy (non-hydrogen) atoms. The number of morpholine rings is 1. The second-order valence-electron chi connectivity index (χ2n) is 6.53. The molecule has 2 amide bonds. The van der Waals surface area contributed by atoms with Crippen molar-refractivity contribution in [2.45, 2.75) is 40.2 Å². The number of benzene rings is 1. The minimum Gasteiger partial charge on any atom is -0.493 e. The number of carbonyl (C=O) groups is 2. The fraction of sp³-hybridized carbons (Fsp3) is 0.579. The molecule has 6 nitrogen and oxygen atoms in total. The molecule has 2 rings (SSSR count). The molecular formula is C19H28N2O4. The zero-order valence-electron chi connectivity index (χ0n) is 15.6. The van der Waals surface area contributed by atoms with Crippen LogP contribution in [0.3, 0.4) is 0 Å². The highest BCUT2D eigenvalue weighted by atomic mass is 16.5. The highest BCUT2D eigenvalue weighted by Crippen LogP contribution is 2.23. The molecule has 1 aliphatic rings. The summed E-state index contributed by atoms with van der Waals surface area (Å²) in [7, 11) is 0. The van der Waals surface area contributed by atoms with E-state index in [1.165, 1.54) is 5.56 Å². The highest BCUT2D eigenvalue weighted by Gasteiger charge is 2.23. The number of amides is 2. The molecule has 6 heteroatoms. The van der Waals surface area contributed by atoms with Crippen LogP contribution in [0, 0.1) is 20.8 Å². The van der Waals surface area contributed by atoms with Gasteiger partial charge in [0.15, 0.2) is 0 Å². The minimum atomic E-state index is -0.534. The van der Waals surface area contributed by atoms with Gasteiger partial charge in [0.1, 0.15) is 11.8 Å². The second kappa shape index (κ2) is 8.85.